The first-order chi connectivity index (χ1) is 13.6. The number of aryl methyl sites for hydroxylation is 1. The monoisotopic (exact) mass is 438 g/mol. The number of unbranched alkanes of at least 4 members (excludes halogenated alkanes) is 1. The van der Waals surface area contributed by atoms with Crippen molar-refractivity contribution in [1.29, 1.82) is 0 Å². The second-order valence-corrected chi connectivity index (χ2v) is 8.12. The third-order valence-corrected chi connectivity index (χ3v) is 5.44. The lowest BCUT2D eigenvalue weighted by atomic mass is 10.1. The molecule has 0 bridgehead atoms. The van der Waals surface area contributed by atoms with Crippen LogP contribution < -0.4 is 0 Å². The van der Waals surface area contributed by atoms with Crippen molar-refractivity contribution in [2.24, 2.45) is 0 Å². The fourth-order valence-electron chi connectivity index (χ4n) is 3.21. The van der Waals surface area contributed by atoms with E-state index in [1.165, 1.54) is 11.1 Å². The second-order valence-electron chi connectivity index (χ2n) is 7.20. The Balaban J connectivity index is 1.77. The van der Waals surface area contributed by atoms with Crippen molar-refractivity contribution < 1.29 is 4.79 Å². The van der Waals surface area contributed by atoms with Gasteiger partial charge in [0.15, 0.2) is 0 Å². The number of hydrogen-bond acceptors (Lipinski definition) is 1. The molecule has 0 saturated heterocycles. The Hall–Kier alpha value is -2.33. The number of halogens is 1. The third kappa shape index (κ3) is 5.35. The lowest BCUT2D eigenvalue weighted by molar-refractivity contribution is 0.0737. The summed E-state index contributed by atoms with van der Waals surface area (Å²) in [5.74, 6) is 0.102. The summed E-state index contributed by atoms with van der Waals surface area (Å²) in [6.07, 6.45) is 4.16. The molecule has 0 aliphatic carbocycles. The van der Waals surface area contributed by atoms with Gasteiger partial charge in [0.1, 0.15) is 0 Å². The van der Waals surface area contributed by atoms with Crippen molar-refractivity contribution >= 4 is 21.8 Å². The number of carbonyl (C=O) groups is 1. The maximum atomic E-state index is 13.1. The van der Waals surface area contributed by atoms with Crippen LogP contribution in [0, 0.1) is 6.92 Å². The van der Waals surface area contributed by atoms with Gasteiger partial charge in [0.05, 0.1) is 6.54 Å². The van der Waals surface area contributed by atoms with Crippen molar-refractivity contribution in [3.8, 4) is 0 Å². The molecule has 3 nitrogen and oxygen atoms in total. The molecule has 3 rings (SSSR count). The number of nitrogens with zero attached hydrogens (tertiary/aromatic N) is 2. The number of benzene rings is 2. The van der Waals surface area contributed by atoms with Crippen LogP contribution in [0.4, 0.5) is 0 Å². The van der Waals surface area contributed by atoms with E-state index in [1.807, 2.05) is 36.1 Å². The molecule has 0 N–H and O–H groups in total. The van der Waals surface area contributed by atoms with Gasteiger partial charge in [0, 0.05) is 35.0 Å². The summed E-state index contributed by atoms with van der Waals surface area (Å²) in [7, 11) is 0. The van der Waals surface area contributed by atoms with Gasteiger partial charge in [-0.05, 0) is 55.3 Å². The Labute approximate surface area is 176 Å². The summed E-state index contributed by atoms with van der Waals surface area (Å²) in [5.41, 5.74) is 4.32. The molecule has 0 aliphatic heterocycles. The van der Waals surface area contributed by atoms with Crippen molar-refractivity contribution in [1.82, 2.24) is 9.47 Å². The van der Waals surface area contributed by atoms with E-state index in [9.17, 15) is 4.79 Å². The van der Waals surface area contributed by atoms with Crippen LogP contribution >= 0.6 is 15.9 Å². The van der Waals surface area contributed by atoms with E-state index in [0.717, 1.165) is 41.7 Å². The number of carbonyl (C=O) groups excluding carboxylic acids is 1. The van der Waals surface area contributed by atoms with E-state index in [-0.39, 0.29) is 5.91 Å². The zero-order chi connectivity index (χ0) is 19.9. The fourth-order valence-corrected chi connectivity index (χ4v) is 3.47. The zero-order valence-corrected chi connectivity index (χ0v) is 18.2. The second kappa shape index (κ2) is 9.74. The van der Waals surface area contributed by atoms with Gasteiger partial charge in [0.2, 0.25) is 0 Å². The molecule has 0 fully saturated rings. The minimum atomic E-state index is 0.102. The number of amides is 1. The van der Waals surface area contributed by atoms with Crippen LogP contribution in [0.15, 0.2) is 71.3 Å². The Kier molecular flexibility index (Phi) is 7.10. The van der Waals surface area contributed by atoms with E-state index in [2.05, 4.69) is 70.0 Å². The van der Waals surface area contributed by atoms with Crippen molar-refractivity contribution in [2.45, 2.75) is 39.8 Å². The van der Waals surface area contributed by atoms with E-state index in [0.29, 0.717) is 6.54 Å². The van der Waals surface area contributed by atoms with E-state index in [1.54, 1.807) is 0 Å². The van der Waals surface area contributed by atoms with Crippen LogP contribution in [0.25, 0.3) is 0 Å². The summed E-state index contributed by atoms with van der Waals surface area (Å²) >= 11 is 3.49. The van der Waals surface area contributed by atoms with Crippen LogP contribution in [0.1, 0.15) is 46.9 Å². The lowest BCUT2D eigenvalue weighted by Crippen LogP contribution is -2.32. The summed E-state index contributed by atoms with van der Waals surface area (Å²) in [6, 6.07) is 20.4. The van der Waals surface area contributed by atoms with Gasteiger partial charge >= 0.3 is 0 Å². The minimum absolute atomic E-state index is 0.102. The average Bonchev–Trinajstić information content (AvgIpc) is 3.13. The molecule has 0 aliphatic rings. The van der Waals surface area contributed by atoms with E-state index >= 15 is 0 Å². The summed E-state index contributed by atoms with van der Waals surface area (Å²) in [5, 5.41) is 0. The van der Waals surface area contributed by atoms with Crippen LogP contribution in [0.3, 0.4) is 0 Å². The Morgan fingerprint density at radius 3 is 2.43 bits per heavy atom. The normalized spacial score (nSPS) is 10.8. The molecule has 0 saturated carbocycles. The molecule has 146 valence electrons. The first-order valence-electron chi connectivity index (χ1n) is 9.81. The van der Waals surface area contributed by atoms with Gasteiger partial charge < -0.3 is 9.47 Å². The van der Waals surface area contributed by atoms with Gasteiger partial charge in [-0.15, -0.1) is 0 Å². The van der Waals surface area contributed by atoms with Crippen LogP contribution in [-0.2, 0) is 13.1 Å². The highest BCUT2D eigenvalue weighted by molar-refractivity contribution is 9.10. The standard InChI is InChI=1S/C24H27BrN2O/c1-3-4-15-27(24(28)21-11-7-19(2)8-12-21)18-23-6-5-16-26(23)17-20-9-13-22(25)14-10-20/h5-14,16H,3-4,15,17-18H2,1-2H3. The predicted octanol–water partition coefficient (Wildman–Crippen LogP) is 6.05. The zero-order valence-electron chi connectivity index (χ0n) is 16.6. The molecule has 0 spiro atoms. The van der Waals surface area contributed by atoms with Gasteiger partial charge in [-0.3, -0.25) is 4.79 Å². The summed E-state index contributed by atoms with van der Waals surface area (Å²) < 4.78 is 3.31. The molecule has 28 heavy (non-hydrogen) atoms. The Bertz CT molecular complexity index is 897. The Morgan fingerprint density at radius 2 is 1.75 bits per heavy atom. The lowest BCUT2D eigenvalue weighted by Gasteiger charge is -2.24. The predicted molar refractivity (Wildman–Crippen MR) is 119 cm³/mol. The highest BCUT2D eigenvalue weighted by Gasteiger charge is 2.17. The van der Waals surface area contributed by atoms with Crippen molar-refractivity contribution in [2.75, 3.05) is 6.54 Å². The molecule has 0 unspecified atom stereocenters. The van der Waals surface area contributed by atoms with Gasteiger partial charge in [0.25, 0.3) is 5.91 Å². The van der Waals surface area contributed by atoms with Gasteiger partial charge in [-0.1, -0.05) is 59.1 Å². The molecule has 2 aromatic carbocycles. The maximum Gasteiger partial charge on any atom is 0.254 e. The quantitative estimate of drug-likeness (QED) is 0.420. The molecule has 0 radical (unpaired) electrons. The Morgan fingerprint density at radius 1 is 1.04 bits per heavy atom. The first-order valence-corrected chi connectivity index (χ1v) is 10.6. The molecular formula is C24H27BrN2O. The molecule has 1 heterocycles. The SMILES string of the molecule is CCCCN(Cc1cccn1Cc1ccc(Br)cc1)C(=O)c1ccc(C)cc1. The smallest absolute Gasteiger partial charge is 0.254 e. The van der Waals surface area contributed by atoms with E-state index in [4.69, 9.17) is 0 Å². The first kappa shape index (κ1) is 20.4. The minimum Gasteiger partial charge on any atom is -0.345 e. The van der Waals surface area contributed by atoms with E-state index < -0.39 is 0 Å². The van der Waals surface area contributed by atoms with Crippen molar-refractivity contribution in [3.05, 3.63) is 93.7 Å². The highest BCUT2D eigenvalue weighted by Crippen LogP contribution is 2.16. The topological polar surface area (TPSA) is 25.2 Å². The highest BCUT2D eigenvalue weighted by atomic mass is 79.9. The third-order valence-electron chi connectivity index (χ3n) is 4.91. The van der Waals surface area contributed by atoms with Gasteiger partial charge in [-0.25, -0.2) is 0 Å². The van der Waals surface area contributed by atoms with Gasteiger partial charge in [-0.2, -0.15) is 0 Å². The largest absolute Gasteiger partial charge is 0.345 e. The van der Waals surface area contributed by atoms with Crippen LogP contribution in [-0.4, -0.2) is 21.9 Å². The number of aromatic nitrogens is 1. The van der Waals surface area contributed by atoms with Crippen LogP contribution in [0.2, 0.25) is 0 Å². The molecule has 3 aromatic rings. The van der Waals surface area contributed by atoms with Crippen LogP contribution in [0.5, 0.6) is 0 Å². The molecular weight excluding hydrogens is 412 g/mol. The average molecular weight is 439 g/mol. The number of rotatable bonds is 8. The number of hydrogen-bond donors (Lipinski definition) is 0. The fraction of sp³-hybridized carbons (Fsp3) is 0.292. The summed E-state index contributed by atoms with van der Waals surface area (Å²) in [4.78, 5) is 15.1. The molecule has 4 heteroatoms. The molecule has 0 atom stereocenters. The molecule has 1 aromatic heterocycles. The summed E-state index contributed by atoms with van der Waals surface area (Å²) in [6.45, 7) is 6.39. The molecule has 1 amide bonds. The van der Waals surface area contributed by atoms with Crippen molar-refractivity contribution in [3.63, 3.8) is 0 Å². The maximum absolute atomic E-state index is 13.1.